The molecular weight excluding hydrogens is 442 g/mol. The van der Waals surface area contributed by atoms with Gasteiger partial charge in [-0.15, -0.1) is 0 Å². The molecule has 1 aromatic carbocycles. The van der Waals surface area contributed by atoms with E-state index in [-0.39, 0.29) is 17.1 Å². The van der Waals surface area contributed by atoms with E-state index in [2.05, 4.69) is 30.3 Å². The number of nitrogens with zero attached hydrogens (tertiary/aromatic N) is 7. The van der Waals surface area contributed by atoms with Gasteiger partial charge in [0.05, 0.1) is 5.02 Å². The molecule has 4 aromatic rings. The predicted molar refractivity (Wildman–Crippen MR) is 114 cm³/mol. The molecule has 3 aromatic heterocycles. The van der Waals surface area contributed by atoms with Gasteiger partial charge in [-0.25, -0.2) is 13.8 Å². The highest BCUT2D eigenvalue weighted by Gasteiger charge is 2.21. The zero-order chi connectivity index (χ0) is 22.1. The topological polar surface area (TPSA) is 87.6 Å². The molecule has 1 aliphatic heterocycles. The van der Waals surface area contributed by atoms with Crippen LogP contribution in [0.5, 0.6) is 0 Å². The highest BCUT2D eigenvalue weighted by Crippen LogP contribution is 2.26. The summed E-state index contributed by atoms with van der Waals surface area (Å²) in [6.07, 6.45) is 3.61. The van der Waals surface area contributed by atoms with E-state index in [9.17, 15) is 8.78 Å². The highest BCUT2D eigenvalue weighted by atomic mass is 35.5. The number of hydrogen-bond donors (Lipinski definition) is 1. The Kier molecular flexibility index (Phi) is 5.58. The van der Waals surface area contributed by atoms with E-state index in [1.54, 1.807) is 6.07 Å². The Morgan fingerprint density at radius 3 is 2.78 bits per heavy atom. The fourth-order valence-electron chi connectivity index (χ4n) is 3.71. The Balaban J connectivity index is 1.25. The summed E-state index contributed by atoms with van der Waals surface area (Å²) in [6.45, 7) is 2.90. The lowest BCUT2D eigenvalue weighted by molar-refractivity contribution is 0.276. The molecule has 4 heterocycles. The number of aromatic nitrogens is 5. The molecule has 32 heavy (non-hydrogen) atoms. The first-order valence-corrected chi connectivity index (χ1v) is 10.4. The van der Waals surface area contributed by atoms with Crippen LogP contribution in [0.4, 0.5) is 26.5 Å². The van der Waals surface area contributed by atoms with Crippen LogP contribution in [0.15, 0.2) is 41.3 Å². The fourth-order valence-corrected chi connectivity index (χ4v) is 3.89. The zero-order valence-corrected chi connectivity index (χ0v) is 17.6. The Bertz CT molecular complexity index is 1250. The first-order valence-electron chi connectivity index (χ1n) is 10.1. The van der Waals surface area contributed by atoms with E-state index in [1.807, 2.05) is 11.0 Å². The molecule has 1 saturated heterocycles. The lowest BCUT2D eigenvalue weighted by Gasteiger charge is -2.22. The summed E-state index contributed by atoms with van der Waals surface area (Å²) < 4.78 is 35.8. The van der Waals surface area contributed by atoms with Crippen LogP contribution >= 0.6 is 11.6 Å². The van der Waals surface area contributed by atoms with Gasteiger partial charge in [-0.2, -0.15) is 19.6 Å². The fraction of sp³-hybridized carbons (Fsp3) is 0.300. The average Bonchev–Trinajstić information content (AvgIpc) is 3.40. The molecule has 5 rings (SSSR count). The van der Waals surface area contributed by atoms with Crippen molar-refractivity contribution in [2.75, 3.05) is 36.4 Å². The van der Waals surface area contributed by atoms with E-state index in [0.29, 0.717) is 43.1 Å². The van der Waals surface area contributed by atoms with Gasteiger partial charge in [0.2, 0.25) is 11.8 Å². The van der Waals surface area contributed by atoms with Crippen molar-refractivity contribution in [2.24, 2.45) is 0 Å². The van der Waals surface area contributed by atoms with Crippen molar-refractivity contribution in [1.82, 2.24) is 29.5 Å². The third kappa shape index (κ3) is 4.08. The summed E-state index contributed by atoms with van der Waals surface area (Å²) in [7, 11) is 0. The second kappa shape index (κ2) is 8.67. The van der Waals surface area contributed by atoms with Crippen LogP contribution in [-0.4, -0.2) is 55.6 Å². The van der Waals surface area contributed by atoms with Gasteiger partial charge in [-0.3, -0.25) is 10.2 Å². The Hall–Kier alpha value is -3.31. The van der Waals surface area contributed by atoms with Crippen molar-refractivity contribution in [1.29, 1.82) is 0 Å². The molecule has 0 atom stereocenters. The first-order chi connectivity index (χ1) is 15.6. The number of halogens is 3. The van der Waals surface area contributed by atoms with E-state index >= 15 is 0 Å². The molecular formula is C20H19ClF2N8O. The normalized spacial score (nSPS) is 15.3. The minimum Gasteiger partial charge on any atom is -0.425 e. The molecule has 0 saturated carbocycles. The van der Waals surface area contributed by atoms with Crippen LogP contribution < -0.4 is 10.2 Å². The number of hydrogen-bond acceptors (Lipinski definition) is 8. The van der Waals surface area contributed by atoms with E-state index in [0.717, 1.165) is 13.0 Å². The average molecular weight is 461 g/mol. The minimum absolute atomic E-state index is 0.000267. The summed E-state index contributed by atoms with van der Waals surface area (Å²) in [5, 5.41) is 7.09. The van der Waals surface area contributed by atoms with E-state index < -0.39 is 11.6 Å². The smallest absolute Gasteiger partial charge is 0.256 e. The molecule has 1 aliphatic rings. The van der Waals surface area contributed by atoms with Gasteiger partial charge in [-0.1, -0.05) is 11.6 Å². The molecule has 166 valence electrons. The van der Waals surface area contributed by atoms with E-state index in [1.165, 1.54) is 29.3 Å². The Morgan fingerprint density at radius 2 is 1.88 bits per heavy atom. The SMILES string of the molecule is Fc1ccc(Cl)c(F)c1CN1CCCN(c2ccc(Nc3ncnc4ncnn34)o2)CC1. The molecule has 0 unspecified atom stereocenters. The number of furan rings is 1. The Morgan fingerprint density at radius 1 is 1.00 bits per heavy atom. The molecule has 12 heteroatoms. The van der Waals surface area contributed by atoms with E-state index in [4.69, 9.17) is 16.0 Å². The van der Waals surface area contributed by atoms with Gasteiger partial charge in [0, 0.05) is 50.4 Å². The maximum absolute atomic E-state index is 14.3. The third-order valence-corrected chi connectivity index (χ3v) is 5.62. The van der Waals surface area contributed by atoms with Crippen LogP contribution in [-0.2, 0) is 6.54 Å². The van der Waals surface area contributed by atoms with Gasteiger partial charge in [0.1, 0.15) is 24.3 Å². The molecule has 0 spiro atoms. The summed E-state index contributed by atoms with van der Waals surface area (Å²) in [5.41, 5.74) is -0.000267. The molecule has 0 aliphatic carbocycles. The summed E-state index contributed by atoms with van der Waals surface area (Å²) >= 11 is 5.82. The summed E-state index contributed by atoms with van der Waals surface area (Å²) in [6, 6.07) is 6.11. The van der Waals surface area contributed by atoms with Crippen LogP contribution in [0.3, 0.4) is 0 Å². The number of fused-ring (bicyclic) bond motifs is 1. The van der Waals surface area contributed by atoms with Crippen molar-refractivity contribution in [3.63, 3.8) is 0 Å². The number of rotatable bonds is 5. The lowest BCUT2D eigenvalue weighted by Crippen LogP contribution is -2.30. The van der Waals surface area contributed by atoms with Crippen LogP contribution in [0.2, 0.25) is 5.02 Å². The van der Waals surface area contributed by atoms with Crippen molar-refractivity contribution >= 4 is 35.1 Å². The maximum Gasteiger partial charge on any atom is 0.256 e. The number of nitrogens with one attached hydrogen (secondary N) is 1. The lowest BCUT2D eigenvalue weighted by atomic mass is 10.1. The molecule has 9 nitrogen and oxygen atoms in total. The van der Waals surface area contributed by atoms with Gasteiger partial charge < -0.3 is 9.32 Å². The summed E-state index contributed by atoms with van der Waals surface area (Å²) in [5.74, 6) is 0.773. The second-order valence-corrected chi connectivity index (χ2v) is 7.78. The van der Waals surface area contributed by atoms with Crippen molar-refractivity contribution in [2.45, 2.75) is 13.0 Å². The van der Waals surface area contributed by atoms with Gasteiger partial charge in [-0.05, 0) is 18.6 Å². The molecule has 0 radical (unpaired) electrons. The second-order valence-electron chi connectivity index (χ2n) is 7.37. The monoisotopic (exact) mass is 460 g/mol. The van der Waals surface area contributed by atoms with Crippen molar-refractivity contribution in [3.8, 4) is 0 Å². The van der Waals surface area contributed by atoms with Gasteiger partial charge in [0.15, 0.2) is 5.88 Å². The number of benzene rings is 1. The van der Waals surface area contributed by atoms with Crippen molar-refractivity contribution < 1.29 is 13.2 Å². The molecule has 1 fully saturated rings. The zero-order valence-electron chi connectivity index (χ0n) is 16.9. The standard InChI is InChI=1S/C20H19ClF2N8O/c21-14-2-3-15(22)13(18(14)23)10-29-6-1-7-30(9-8-29)17-5-4-16(32-17)28-20-25-11-24-19-26-12-27-31(19)20/h2-5,11-12H,1,6-10H2,(H,24,25,26,27,28). The number of anilines is 3. The highest BCUT2D eigenvalue weighted by molar-refractivity contribution is 6.30. The van der Waals surface area contributed by atoms with Crippen LogP contribution in [0, 0.1) is 11.6 Å². The van der Waals surface area contributed by atoms with Gasteiger partial charge >= 0.3 is 0 Å². The first kappa shape index (κ1) is 20.6. The van der Waals surface area contributed by atoms with Crippen molar-refractivity contribution in [3.05, 3.63) is 59.1 Å². The Labute approximate surface area is 186 Å². The largest absolute Gasteiger partial charge is 0.425 e. The minimum atomic E-state index is -0.694. The molecule has 1 N–H and O–H groups in total. The summed E-state index contributed by atoms with van der Waals surface area (Å²) in [4.78, 5) is 16.3. The van der Waals surface area contributed by atoms with Gasteiger partial charge in [0.25, 0.3) is 5.78 Å². The molecule has 0 bridgehead atoms. The quantitative estimate of drug-likeness (QED) is 0.453. The predicted octanol–water partition coefficient (Wildman–Crippen LogP) is 3.50. The van der Waals surface area contributed by atoms with Crippen LogP contribution in [0.25, 0.3) is 5.78 Å². The third-order valence-electron chi connectivity index (χ3n) is 5.33. The maximum atomic E-state index is 14.3. The molecule has 0 amide bonds. The van der Waals surface area contributed by atoms with Crippen LogP contribution in [0.1, 0.15) is 12.0 Å².